The lowest BCUT2D eigenvalue weighted by Gasteiger charge is -2.16. The van der Waals surface area contributed by atoms with Gasteiger partial charge in [0.2, 0.25) is 5.91 Å². The average molecular weight is 271 g/mol. The highest BCUT2D eigenvalue weighted by molar-refractivity contribution is 6.33. The lowest BCUT2D eigenvalue weighted by atomic mass is 10.0. The smallest absolute Gasteiger partial charge is 0.335 e. The van der Waals surface area contributed by atoms with Gasteiger partial charge in [0.25, 0.3) is 0 Å². The van der Waals surface area contributed by atoms with Gasteiger partial charge in [-0.3, -0.25) is 4.79 Å². The minimum atomic E-state index is -1.09. The Bertz CT molecular complexity index is 474. The van der Waals surface area contributed by atoms with E-state index in [0.717, 1.165) is 0 Å². The Hall–Kier alpha value is -1.59. The fourth-order valence-electron chi connectivity index (χ4n) is 1.27. The minimum absolute atomic E-state index is 0.0218. The lowest BCUT2D eigenvalue weighted by molar-refractivity contribution is -0.118. The Morgan fingerprint density at radius 1 is 1.39 bits per heavy atom. The molecular formula is C12H15ClN2O3. The van der Waals surface area contributed by atoms with Crippen molar-refractivity contribution in [2.75, 3.05) is 5.32 Å². The number of halogens is 1. The SMILES string of the molecule is CC(C)[C@@H](N)C(=O)Nc1cc(C(=O)O)ccc1Cl. The van der Waals surface area contributed by atoms with E-state index in [1.165, 1.54) is 18.2 Å². The molecule has 1 atom stereocenters. The second-order valence-electron chi connectivity index (χ2n) is 4.26. The highest BCUT2D eigenvalue weighted by atomic mass is 35.5. The second kappa shape index (κ2) is 5.84. The maximum Gasteiger partial charge on any atom is 0.335 e. The van der Waals surface area contributed by atoms with E-state index in [1.54, 1.807) is 0 Å². The molecule has 18 heavy (non-hydrogen) atoms. The second-order valence-corrected chi connectivity index (χ2v) is 4.67. The number of hydrogen-bond acceptors (Lipinski definition) is 3. The summed E-state index contributed by atoms with van der Waals surface area (Å²) in [5.74, 6) is -1.50. The van der Waals surface area contributed by atoms with Crippen molar-refractivity contribution in [2.24, 2.45) is 11.7 Å². The summed E-state index contributed by atoms with van der Waals surface area (Å²) in [6, 6.07) is 3.41. The predicted molar refractivity (Wildman–Crippen MR) is 69.9 cm³/mol. The monoisotopic (exact) mass is 270 g/mol. The van der Waals surface area contributed by atoms with Gasteiger partial charge in [-0.05, 0) is 24.1 Å². The number of anilines is 1. The number of benzene rings is 1. The molecule has 98 valence electrons. The zero-order chi connectivity index (χ0) is 13.9. The molecule has 0 fully saturated rings. The summed E-state index contributed by atoms with van der Waals surface area (Å²) in [5.41, 5.74) is 5.98. The number of carbonyl (C=O) groups excluding carboxylic acids is 1. The van der Waals surface area contributed by atoms with Gasteiger partial charge in [0.1, 0.15) is 0 Å². The van der Waals surface area contributed by atoms with E-state index in [-0.39, 0.29) is 22.2 Å². The van der Waals surface area contributed by atoms with E-state index >= 15 is 0 Å². The highest BCUT2D eigenvalue weighted by Gasteiger charge is 2.18. The van der Waals surface area contributed by atoms with Gasteiger partial charge in [-0.1, -0.05) is 25.4 Å². The van der Waals surface area contributed by atoms with Crippen molar-refractivity contribution in [3.8, 4) is 0 Å². The van der Waals surface area contributed by atoms with E-state index in [1.807, 2.05) is 13.8 Å². The molecule has 0 bridgehead atoms. The third-order valence-corrected chi connectivity index (χ3v) is 2.82. The molecule has 1 rings (SSSR count). The van der Waals surface area contributed by atoms with Crippen molar-refractivity contribution in [1.82, 2.24) is 0 Å². The number of aromatic carboxylic acids is 1. The van der Waals surface area contributed by atoms with Gasteiger partial charge in [-0.2, -0.15) is 0 Å². The van der Waals surface area contributed by atoms with Gasteiger partial charge in [0, 0.05) is 0 Å². The largest absolute Gasteiger partial charge is 0.478 e. The van der Waals surface area contributed by atoms with Crippen molar-refractivity contribution in [3.05, 3.63) is 28.8 Å². The van der Waals surface area contributed by atoms with Crippen molar-refractivity contribution < 1.29 is 14.7 Å². The Labute approximate surface area is 110 Å². The van der Waals surface area contributed by atoms with Gasteiger partial charge >= 0.3 is 5.97 Å². The van der Waals surface area contributed by atoms with Crippen LogP contribution in [0.5, 0.6) is 0 Å². The molecular weight excluding hydrogens is 256 g/mol. The third-order valence-electron chi connectivity index (χ3n) is 2.49. The molecule has 0 saturated carbocycles. The third kappa shape index (κ3) is 3.45. The first-order valence-corrected chi connectivity index (χ1v) is 5.80. The van der Waals surface area contributed by atoms with Gasteiger partial charge in [0.05, 0.1) is 22.3 Å². The van der Waals surface area contributed by atoms with Crippen LogP contribution in [0.25, 0.3) is 0 Å². The van der Waals surface area contributed by atoms with Crippen molar-refractivity contribution >= 4 is 29.2 Å². The first kappa shape index (κ1) is 14.5. The van der Waals surface area contributed by atoms with Crippen LogP contribution in [-0.2, 0) is 4.79 Å². The Morgan fingerprint density at radius 2 is 2.00 bits per heavy atom. The lowest BCUT2D eigenvalue weighted by Crippen LogP contribution is -2.39. The van der Waals surface area contributed by atoms with Gasteiger partial charge in [-0.25, -0.2) is 4.79 Å². The summed E-state index contributed by atoms with van der Waals surface area (Å²) < 4.78 is 0. The summed E-state index contributed by atoms with van der Waals surface area (Å²) in [5, 5.41) is 11.6. The van der Waals surface area contributed by atoms with Gasteiger partial charge in [0.15, 0.2) is 0 Å². The summed E-state index contributed by atoms with van der Waals surface area (Å²) in [6.45, 7) is 3.64. The Kier molecular flexibility index (Phi) is 4.69. The Balaban J connectivity index is 2.93. The van der Waals surface area contributed by atoms with Crippen LogP contribution in [0.4, 0.5) is 5.69 Å². The van der Waals surface area contributed by atoms with Gasteiger partial charge < -0.3 is 16.2 Å². The zero-order valence-electron chi connectivity index (χ0n) is 10.1. The van der Waals surface area contributed by atoms with Crippen molar-refractivity contribution in [3.63, 3.8) is 0 Å². The fraction of sp³-hybridized carbons (Fsp3) is 0.333. The van der Waals surface area contributed by atoms with Crippen LogP contribution in [0.3, 0.4) is 0 Å². The first-order valence-electron chi connectivity index (χ1n) is 5.42. The number of carboxylic acid groups (broad SMARTS) is 1. The molecule has 0 spiro atoms. The fourth-order valence-corrected chi connectivity index (χ4v) is 1.44. The van der Waals surface area contributed by atoms with Crippen molar-refractivity contribution in [2.45, 2.75) is 19.9 Å². The van der Waals surface area contributed by atoms with Gasteiger partial charge in [-0.15, -0.1) is 0 Å². The Morgan fingerprint density at radius 3 is 2.50 bits per heavy atom. The standard InChI is InChI=1S/C12H15ClN2O3/c1-6(2)10(14)11(16)15-9-5-7(12(17)18)3-4-8(9)13/h3-6,10H,14H2,1-2H3,(H,15,16)(H,17,18)/t10-/m1/s1. The molecule has 0 heterocycles. The van der Waals surface area contributed by atoms with E-state index in [2.05, 4.69) is 5.32 Å². The highest BCUT2D eigenvalue weighted by Crippen LogP contribution is 2.23. The van der Waals surface area contributed by atoms with E-state index < -0.39 is 17.9 Å². The number of hydrogen-bond donors (Lipinski definition) is 3. The van der Waals surface area contributed by atoms with Crippen LogP contribution in [-0.4, -0.2) is 23.0 Å². The molecule has 4 N–H and O–H groups in total. The molecule has 0 aliphatic heterocycles. The number of rotatable bonds is 4. The number of carboxylic acids is 1. The van der Waals surface area contributed by atoms with Crippen LogP contribution in [0.15, 0.2) is 18.2 Å². The van der Waals surface area contributed by atoms with E-state index in [4.69, 9.17) is 22.4 Å². The molecule has 0 radical (unpaired) electrons. The quantitative estimate of drug-likeness (QED) is 0.780. The van der Waals surface area contributed by atoms with Crippen molar-refractivity contribution in [1.29, 1.82) is 0 Å². The van der Waals surface area contributed by atoms with Crippen LogP contribution in [0.1, 0.15) is 24.2 Å². The zero-order valence-corrected chi connectivity index (χ0v) is 10.9. The van der Waals surface area contributed by atoms with Crippen LogP contribution >= 0.6 is 11.6 Å². The molecule has 0 saturated heterocycles. The first-order chi connectivity index (χ1) is 8.32. The summed E-state index contributed by atoms with van der Waals surface area (Å²) in [6.07, 6.45) is 0. The molecule has 1 amide bonds. The maximum atomic E-state index is 11.7. The summed E-state index contributed by atoms with van der Waals surface area (Å²) in [7, 11) is 0. The normalized spacial score (nSPS) is 12.3. The number of carbonyl (C=O) groups is 2. The minimum Gasteiger partial charge on any atom is -0.478 e. The molecule has 0 aliphatic rings. The van der Waals surface area contributed by atoms with Crippen LogP contribution in [0, 0.1) is 5.92 Å². The molecule has 0 aliphatic carbocycles. The molecule has 1 aromatic carbocycles. The number of amides is 1. The van der Waals surface area contributed by atoms with Crippen LogP contribution in [0.2, 0.25) is 5.02 Å². The summed E-state index contributed by atoms with van der Waals surface area (Å²) >= 11 is 5.88. The molecule has 0 aromatic heterocycles. The molecule has 6 heteroatoms. The summed E-state index contributed by atoms with van der Waals surface area (Å²) in [4.78, 5) is 22.6. The van der Waals surface area contributed by atoms with Crippen LogP contribution < -0.4 is 11.1 Å². The van der Waals surface area contributed by atoms with E-state index in [9.17, 15) is 9.59 Å². The molecule has 0 unspecified atom stereocenters. The number of nitrogens with one attached hydrogen (secondary N) is 1. The predicted octanol–water partition coefficient (Wildman–Crippen LogP) is 1.96. The molecule has 5 nitrogen and oxygen atoms in total. The van der Waals surface area contributed by atoms with E-state index in [0.29, 0.717) is 0 Å². The average Bonchev–Trinajstić information content (AvgIpc) is 2.30. The topological polar surface area (TPSA) is 92.4 Å². The number of nitrogens with two attached hydrogens (primary N) is 1. The maximum absolute atomic E-state index is 11.7. The molecule has 1 aromatic rings.